The van der Waals surface area contributed by atoms with Gasteiger partial charge in [0.25, 0.3) is 7.72 Å². The molecule has 2 rings (SSSR count). The molecule has 1 saturated carbocycles. The zero-order valence-electron chi connectivity index (χ0n) is 14.1. The molecule has 1 aromatic rings. The Morgan fingerprint density at radius 2 is 2.00 bits per heavy atom. The summed E-state index contributed by atoms with van der Waals surface area (Å²) in [5.41, 5.74) is 1.12. The van der Waals surface area contributed by atoms with Crippen LogP contribution in [0.4, 0.5) is 0 Å². The van der Waals surface area contributed by atoms with E-state index in [1.54, 1.807) is 0 Å². The molecule has 1 fully saturated rings. The smallest absolute Gasteiger partial charge is 0.275 e. The monoisotopic (exact) mass is 372 g/mol. The van der Waals surface area contributed by atoms with E-state index in [9.17, 15) is 14.6 Å². The predicted molar refractivity (Wildman–Crippen MR) is 101 cm³/mol. The summed E-state index contributed by atoms with van der Waals surface area (Å²) < 4.78 is 0. The number of halogens is 1. The van der Waals surface area contributed by atoms with Gasteiger partial charge < -0.3 is 5.32 Å². The average Bonchev–Trinajstić information content (AvgIpc) is 2.51. The van der Waals surface area contributed by atoms with Gasteiger partial charge in [0, 0.05) is 5.02 Å². The Kier molecular flexibility index (Phi) is 8.12. The maximum Gasteiger partial charge on any atom is 0.275 e. The van der Waals surface area contributed by atoms with E-state index in [0.29, 0.717) is 23.6 Å². The van der Waals surface area contributed by atoms with Crippen molar-refractivity contribution in [2.45, 2.75) is 38.5 Å². The van der Waals surface area contributed by atoms with E-state index in [4.69, 9.17) is 11.6 Å². The Hall–Kier alpha value is -0.510. The molecule has 0 heterocycles. The molecule has 0 aliphatic heterocycles. The van der Waals surface area contributed by atoms with Crippen molar-refractivity contribution in [3.63, 3.8) is 0 Å². The van der Waals surface area contributed by atoms with Crippen molar-refractivity contribution in [1.29, 1.82) is 0 Å². The molecule has 1 aliphatic rings. The summed E-state index contributed by atoms with van der Waals surface area (Å²) in [6.07, 6.45) is 6.83. The molecule has 1 aliphatic carbocycles. The second kappa shape index (κ2) is 9.84. The van der Waals surface area contributed by atoms with Crippen LogP contribution in [0.15, 0.2) is 24.3 Å². The first-order chi connectivity index (χ1) is 11.4. The fourth-order valence-corrected chi connectivity index (χ4v) is 5.55. The number of ketones is 1. The van der Waals surface area contributed by atoms with Crippen LogP contribution in [0.3, 0.4) is 0 Å². The van der Waals surface area contributed by atoms with Gasteiger partial charge in [-0.05, 0) is 49.4 Å². The molecule has 0 atom stereocenters. The van der Waals surface area contributed by atoms with Crippen LogP contribution in [0.5, 0.6) is 0 Å². The SMILES string of the molecule is O=C(CNCCc1cccc(Cl)c1)C[P+](O)(O)CC1CCCCC1. The highest BCUT2D eigenvalue weighted by atomic mass is 35.5. The summed E-state index contributed by atoms with van der Waals surface area (Å²) in [6.45, 7) is 0.852. The first kappa shape index (κ1) is 19.8. The Morgan fingerprint density at radius 3 is 2.71 bits per heavy atom. The van der Waals surface area contributed by atoms with Crippen molar-refractivity contribution < 1.29 is 14.6 Å². The zero-order valence-corrected chi connectivity index (χ0v) is 15.7. The van der Waals surface area contributed by atoms with E-state index in [1.165, 1.54) is 19.3 Å². The minimum absolute atomic E-state index is 0.0896. The number of rotatable bonds is 9. The van der Waals surface area contributed by atoms with Gasteiger partial charge in [-0.25, -0.2) is 9.79 Å². The van der Waals surface area contributed by atoms with Gasteiger partial charge in [-0.1, -0.05) is 43.0 Å². The topological polar surface area (TPSA) is 69.6 Å². The lowest BCUT2D eigenvalue weighted by Gasteiger charge is -2.23. The van der Waals surface area contributed by atoms with Gasteiger partial charge in [0.2, 0.25) is 0 Å². The normalized spacial score (nSPS) is 16.3. The lowest BCUT2D eigenvalue weighted by atomic mass is 9.91. The third kappa shape index (κ3) is 7.58. The van der Waals surface area contributed by atoms with Crippen molar-refractivity contribution in [1.82, 2.24) is 5.32 Å². The largest absolute Gasteiger partial charge is 0.310 e. The lowest BCUT2D eigenvalue weighted by molar-refractivity contribution is -0.116. The van der Waals surface area contributed by atoms with Crippen LogP contribution in [0, 0.1) is 5.92 Å². The molecule has 4 nitrogen and oxygen atoms in total. The summed E-state index contributed by atoms with van der Waals surface area (Å²) in [5.74, 6) is 0.265. The van der Waals surface area contributed by atoms with Crippen molar-refractivity contribution >= 4 is 25.1 Å². The summed E-state index contributed by atoms with van der Waals surface area (Å²) in [4.78, 5) is 32.4. The van der Waals surface area contributed by atoms with E-state index in [1.807, 2.05) is 24.3 Å². The molecule has 134 valence electrons. The van der Waals surface area contributed by atoms with Gasteiger partial charge in [-0.2, -0.15) is 0 Å². The van der Waals surface area contributed by atoms with Crippen LogP contribution in [0.2, 0.25) is 5.02 Å². The molecule has 0 saturated heterocycles. The number of hydrogen-bond donors (Lipinski definition) is 3. The third-order valence-electron chi connectivity index (χ3n) is 4.51. The van der Waals surface area contributed by atoms with Gasteiger partial charge in [-0.3, -0.25) is 4.79 Å². The highest BCUT2D eigenvalue weighted by molar-refractivity contribution is 7.65. The standard InChI is InChI=1S/C18H28ClNO3P/c19-17-8-4-7-15(11-17)9-10-20-12-18(21)14-24(22,23)13-16-5-2-1-3-6-16/h4,7-8,11,16,20,22-23H,1-3,5-6,9-10,12-14H2/q+1. The van der Waals surface area contributed by atoms with Gasteiger partial charge in [-0.15, -0.1) is 0 Å². The van der Waals surface area contributed by atoms with Crippen LogP contribution < -0.4 is 5.32 Å². The van der Waals surface area contributed by atoms with Crippen LogP contribution in [0.1, 0.15) is 37.7 Å². The number of benzene rings is 1. The molecule has 3 N–H and O–H groups in total. The second-order valence-electron chi connectivity index (χ2n) is 6.82. The first-order valence-corrected chi connectivity index (χ1v) is 11.2. The fourth-order valence-electron chi connectivity index (χ4n) is 3.34. The van der Waals surface area contributed by atoms with Gasteiger partial charge in [0.05, 0.1) is 6.54 Å². The predicted octanol–water partition coefficient (Wildman–Crippen LogP) is 3.45. The van der Waals surface area contributed by atoms with E-state index in [-0.39, 0.29) is 18.5 Å². The third-order valence-corrected chi connectivity index (χ3v) is 6.70. The molecule has 0 radical (unpaired) electrons. The molecule has 6 heteroatoms. The second-order valence-corrected chi connectivity index (χ2v) is 9.69. The van der Waals surface area contributed by atoms with Crippen LogP contribution >= 0.6 is 19.3 Å². The van der Waals surface area contributed by atoms with Crippen molar-refractivity contribution in [2.24, 2.45) is 5.92 Å². The number of nitrogens with one attached hydrogen (secondary N) is 1. The molecule has 24 heavy (non-hydrogen) atoms. The number of hydrogen-bond acceptors (Lipinski definition) is 4. The maximum absolute atomic E-state index is 12.0. The highest BCUT2D eigenvalue weighted by Crippen LogP contribution is 2.52. The van der Waals surface area contributed by atoms with E-state index < -0.39 is 7.72 Å². The van der Waals surface area contributed by atoms with Crippen LogP contribution in [-0.2, 0) is 11.2 Å². The summed E-state index contributed by atoms with van der Waals surface area (Å²) in [7, 11) is -3.09. The Bertz CT molecular complexity index is 533. The van der Waals surface area contributed by atoms with E-state index in [2.05, 4.69) is 5.32 Å². The molecule has 0 unspecified atom stereocenters. The summed E-state index contributed by atoms with van der Waals surface area (Å²) >= 11 is 5.93. The number of carbonyl (C=O) groups is 1. The van der Waals surface area contributed by atoms with Gasteiger partial charge in [0.15, 0.2) is 11.9 Å². The Balaban J connectivity index is 1.64. The molecular formula is C18H28ClNO3P+. The molecule has 0 amide bonds. The van der Waals surface area contributed by atoms with E-state index >= 15 is 0 Å². The quantitative estimate of drug-likeness (QED) is 0.458. The minimum atomic E-state index is -3.09. The minimum Gasteiger partial charge on any atom is -0.310 e. The number of Topliss-reactive ketones (excluding diaryl/α,β-unsaturated/α-hetero) is 1. The first-order valence-electron chi connectivity index (χ1n) is 8.74. The maximum atomic E-state index is 12.0. The van der Waals surface area contributed by atoms with E-state index in [0.717, 1.165) is 24.8 Å². The molecule has 1 aromatic carbocycles. The molecular weight excluding hydrogens is 345 g/mol. The van der Waals surface area contributed by atoms with Crippen LogP contribution in [0.25, 0.3) is 0 Å². The average molecular weight is 373 g/mol. The summed E-state index contributed by atoms with van der Waals surface area (Å²) in [6, 6.07) is 7.65. The molecule has 0 aromatic heterocycles. The Labute approximate surface area is 150 Å². The molecule has 0 bridgehead atoms. The molecule has 0 spiro atoms. The van der Waals surface area contributed by atoms with Gasteiger partial charge in [0.1, 0.15) is 6.16 Å². The highest BCUT2D eigenvalue weighted by Gasteiger charge is 2.39. The van der Waals surface area contributed by atoms with Crippen molar-refractivity contribution in [3.8, 4) is 0 Å². The Morgan fingerprint density at radius 1 is 1.25 bits per heavy atom. The van der Waals surface area contributed by atoms with Crippen molar-refractivity contribution in [3.05, 3.63) is 34.9 Å². The van der Waals surface area contributed by atoms with Gasteiger partial charge >= 0.3 is 0 Å². The van der Waals surface area contributed by atoms with Crippen LogP contribution in [-0.4, -0.2) is 41.0 Å². The lowest BCUT2D eigenvalue weighted by Crippen LogP contribution is -2.29. The summed E-state index contributed by atoms with van der Waals surface area (Å²) in [5, 5.41) is 3.79. The fraction of sp³-hybridized carbons (Fsp3) is 0.611. The number of carbonyl (C=O) groups excluding carboxylic acids is 1. The van der Waals surface area contributed by atoms with Crippen molar-refractivity contribution in [2.75, 3.05) is 25.4 Å². The zero-order chi connectivity index (χ0) is 17.4.